The molecule has 0 aliphatic heterocycles. The molecule has 5 nitrogen and oxygen atoms in total. The summed E-state index contributed by atoms with van der Waals surface area (Å²) in [5.74, 6) is -0.0677. The Hall–Kier alpha value is -0.380. The smallest absolute Gasteiger partial charge is 0.336 e. The Labute approximate surface area is 180 Å². The number of carbonyl (C=O) groups excluding carboxylic acids is 1. The summed E-state index contributed by atoms with van der Waals surface area (Å²) in [7, 11) is -3.48. The summed E-state index contributed by atoms with van der Waals surface area (Å²) in [6, 6.07) is 0.361. The average Bonchev–Trinajstić information content (AvgIpc) is 2.71. The molecule has 0 saturated carbocycles. The van der Waals surface area contributed by atoms with Gasteiger partial charge >= 0.3 is 7.60 Å². The molecule has 0 aromatic rings. The van der Waals surface area contributed by atoms with E-state index in [0.29, 0.717) is 0 Å². The third-order valence-corrected chi connectivity index (χ3v) is 8.12. The van der Waals surface area contributed by atoms with Crippen LogP contribution in [0.3, 0.4) is 0 Å². The average molecular weight is 434 g/mol. The molecule has 0 rings (SSSR count). The van der Waals surface area contributed by atoms with Gasteiger partial charge in [0, 0.05) is 12.1 Å². The molecule has 0 aromatic heterocycles. The van der Waals surface area contributed by atoms with Gasteiger partial charge in [-0.2, -0.15) is 0 Å². The number of nitrogens with zero attached hydrogens (tertiary/aromatic N) is 1. The first kappa shape index (κ1) is 28.6. The molecular formula is C23H48NO4P. The van der Waals surface area contributed by atoms with Crippen LogP contribution in [0.1, 0.15) is 113 Å². The van der Waals surface area contributed by atoms with Crippen LogP contribution in [0.4, 0.5) is 0 Å². The van der Waals surface area contributed by atoms with Crippen LogP contribution in [0, 0.1) is 0 Å². The van der Waals surface area contributed by atoms with Crippen LogP contribution in [-0.2, 0) is 18.4 Å². The topological polar surface area (TPSA) is 55.8 Å². The molecule has 0 aliphatic rings. The van der Waals surface area contributed by atoms with Crippen LogP contribution in [0.25, 0.3) is 0 Å². The third kappa shape index (κ3) is 9.53. The van der Waals surface area contributed by atoms with E-state index < -0.39 is 13.3 Å². The number of carbonyl (C=O) groups is 1. The minimum Gasteiger partial charge on any atom is -0.336 e. The molecule has 0 aliphatic carbocycles. The Morgan fingerprint density at radius 1 is 0.793 bits per heavy atom. The van der Waals surface area contributed by atoms with Gasteiger partial charge in [0.15, 0.2) is 0 Å². The first-order valence-electron chi connectivity index (χ1n) is 12.1. The maximum Gasteiger partial charge on any atom is 0.342 e. The molecule has 0 saturated heterocycles. The van der Waals surface area contributed by atoms with Crippen molar-refractivity contribution in [3.8, 4) is 0 Å². The molecule has 0 N–H and O–H groups in total. The van der Waals surface area contributed by atoms with Gasteiger partial charge in [-0.05, 0) is 46.5 Å². The Kier molecular flexibility index (Phi) is 16.1. The fourth-order valence-electron chi connectivity index (χ4n) is 3.97. The Bertz CT molecular complexity index is 444. The lowest BCUT2D eigenvalue weighted by atomic mass is 9.97. The zero-order valence-corrected chi connectivity index (χ0v) is 21.1. The summed E-state index contributed by atoms with van der Waals surface area (Å²) in [5, 5.41) is 0. The van der Waals surface area contributed by atoms with Gasteiger partial charge in [0.1, 0.15) is 5.66 Å². The van der Waals surface area contributed by atoms with Crippen LogP contribution in [0.2, 0.25) is 0 Å². The van der Waals surface area contributed by atoms with Gasteiger partial charge in [0.25, 0.3) is 0 Å². The maximum absolute atomic E-state index is 13.7. The predicted octanol–water partition coefficient (Wildman–Crippen LogP) is 7.19. The van der Waals surface area contributed by atoms with E-state index in [1.807, 2.05) is 0 Å². The second-order valence-corrected chi connectivity index (χ2v) is 10.3. The SMILES string of the molecule is CCCCCC(CC)N(C(=O)C(C)P(=O)(OCC)OCC)C(CC)CCCCC. The second kappa shape index (κ2) is 16.3. The van der Waals surface area contributed by atoms with Crippen molar-refractivity contribution < 1.29 is 18.4 Å². The maximum atomic E-state index is 13.7. The summed E-state index contributed by atoms with van der Waals surface area (Å²) in [6.07, 6.45) is 10.8. The zero-order valence-electron chi connectivity index (χ0n) is 20.2. The van der Waals surface area contributed by atoms with Crippen molar-refractivity contribution in [1.29, 1.82) is 0 Å². The lowest BCUT2D eigenvalue weighted by molar-refractivity contribution is -0.136. The zero-order chi connectivity index (χ0) is 22.3. The van der Waals surface area contributed by atoms with Gasteiger partial charge in [-0.15, -0.1) is 0 Å². The van der Waals surface area contributed by atoms with Gasteiger partial charge in [-0.1, -0.05) is 66.2 Å². The highest BCUT2D eigenvalue weighted by molar-refractivity contribution is 7.55. The van der Waals surface area contributed by atoms with Crippen LogP contribution < -0.4 is 0 Å². The molecule has 1 amide bonds. The lowest BCUT2D eigenvalue weighted by Gasteiger charge is -2.40. The molecule has 0 heterocycles. The largest absolute Gasteiger partial charge is 0.342 e. The van der Waals surface area contributed by atoms with Gasteiger partial charge < -0.3 is 13.9 Å². The van der Waals surface area contributed by atoms with Crippen molar-refractivity contribution in [2.45, 2.75) is 130 Å². The number of unbranched alkanes of at least 4 members (excludes halogenated alkanes) is 4. The molecule has 0 radical (unpaired) electrons. The Morgan fingerprint density at radius 3 is 1.52 bits per heavy atom. The van der Waals surface area contributed by atoms with Crippen molar-refractivity contribution >= 4 is 13.5 Å². The summed E-state index contributed by atoms with van der Waals surface area (Å²) >= 11 is 0. The Morgan fingerprint density at radius 2 is 1.21 bits per heavy atom. The summed E-state index contributed by atoms with van der Waals surface area (Å²) in [6.45, 7) is 14.6. The third-order valence-electron chi connectivity index (χ3n) is 5.72. The van der Waals surface area contributed by atoms with Gasteiger partial charge in [-0.25, -0.2) is 0 Å². The van der Waals surface area contributed by atoms with E-state index in [0.717, 1.165) is 38.5 Å². The summed E-state index contributed by atoms with van der Waals surface area (Å²) in [5.41, 5.74) is -0.775. The van der Waals surface area contributed by atoms with Crippen molar-refractivity contribution in [2.24, 2.45) is 0 Å². The Balaban J connectivity index is 5.76. The first-order chi connectivity index (χ1) is 13.9. The van der Waals surface area contributed by atoms with E-state index >= 15 is 0 Å². The summed E-state index contributed by atoms with van der Waals surface area (Å²) in [4.78, 5) is 15.8. The van der Waals surface area contributed by atoms with E-state index in [1.165, 1.54) is 25.7 Å². The highest BCUT2D eigenvalue weighted by Crippen LogP contribution is 2.53. The first-order valence-corrected chi connectivity index (χ1v) is 13.7. The lowest BCUT2D eigenvalue weighted by Crippen LogP contribution is -2.50. The molecule has 3 atom stereocenters. The molecule has 29 heavy (non-hydrogen) atoms. The quantitative estimate of drug-likeness (QED) is 0.170. The normalized spacial score (nSPS) is 15.1. The highest BCUT2D eigenvalue weighted by atomic mass is 31.2. The van der Waals surface area contributed by atoms with Crippen molar-refractivity contribution in [3.63, 3.8) is 0 Å². The predicted molar refractivity (Wildman–Crippen MR) is 124 cm³/mol. The number of amides is 1. The van der Waals surface area contributed by atoms with Gasteiger partial charge in [0.05, 0.1) is 13.2 Å². The van der Waals surface area contributed by atoms with Crippen LogP contribution in [-0.4, -0.2) is 41.8 Å². The highest BCUT2D eigenvalue weighted by Gasteiger charge is 2.42. The molecule has 3 unspecified atom stereocenters. The fraction of sp³-hybridized carbons (Fsp3) is 0.957. The van der Waals surface area contributed by atoms with E-state index in [1.54, 1.807) is 20.8 Å². The van der Waals surface area contributed by atoms with Crippen molar-refractivity contribution in [3.05, 3.63) is 0 Å². The molecule has 6 heteroatoms. The molecule has 174 valence electrons. The summed E-state index contributed by atoms with van der Waals surface area (Å²) < 4.78 is 24.3. The fourth-order valence-corrected chi connectivity index (χ4v) is 5.61. The minimum absolute atomic E-state index is 0.0677. The van der Waals surface area contributed by atoms with Crippen LogP contribution in [0.15, 0.2) is 0 Å². The van der Waals surface area contributed by atoms with Gasteiger partial charge in [-0.3, -0.25) is 9.36 Å². The molecule has 0 fully saturated rings. The molecule has 0 aromatic carbocycles. The minimum atomic E-state index is -3.48. The van der Waals surface area contributed by atoms with E-state index in [9.17, 15) is 9.36 Å². The number of hydrogen-bond donors (Lipinski definition) is 0. The van der Waals surface area contributed by atoms with Crippen molar-refractivity contribution in [2.75, 3.05) is 13.2 Å². The molecule has 0 bridgehead atoms. The second-order valence-electron chi connectivity index (χ2n) is 7.91. The van der Waals surface area contributed by atoms with Crippen LogP contribution >= 0.6 is 7.60 Å². The number of rotatable bonds is 18. The number of hydrogen-bond acceptors (Lipinski definition) is 4. The van der Waals surface area contributed by atoms with Crippen molar-refractivity contribution in [1.82, 2.24) is 4.90 Å². The van der Waals surface area contributed by atoms with E-state index in [4.69, 9.17) is 9.05 Å². The molecular weight excluding hydrogens is 385 g/mol. The van der Waals surface area contributed by atoms with Gasteiger partial charge in [0.2, 0.25) is 5.91 Å². The molecule has 0 spiro atoms. The standard InChI is InChI=1S/C23H48NO4P/c1-8-14-16-18-21(10-3)24(22(11-4)19-17-15-9-2)23(25)20(7)29(26,27-12-5)28-13-6/h20-22H,8-19H2,1-7H3. The van der Waals surface area contributed by atoms with E-state index in [-0.39, 0.29) is 31.2 Å². The monoisotopic (exact) mass is 433 g/mol. The van der Waals surface area contributed by atoms with E-state index in [2.05, 4.69) is 32.6 Å². The van der Waals surface area contributed by atoms with Crippen LogP contribution in [0.5, 0.6) is 0 Å².